The number of rotatable bonds is 9. The SMILES string of the molecule is COC(=O)[C@H](Cc1cccc2ccccc12)NC(=O)[C@H](O)[C@@H](NC(=O)c1ccccc1)c1ccccc1. The van der Waals surface area contributed by atoms with Gasteiger partial charge in [0.25, 0.3) is 11.8 Å². The number of carbonyl (C=O) groups is 3. The van der Waals surface area contributed by atoms with E-state index >= 15 is 0 Å². The molecule has 0 fully saturated rings. The van der Waals surface area contributed by atoms with Crippen LogP contribution in [0.2, 0.25) is 0 Å². The third-order valence-corrected chi connectivity index (χ3v) is 6.17. The summed E-state index contributed by atoms with van der Waals surface area (Å²) in [4.78, 5) is 38.7. The van der Waals surface area contributed by atoms with E-state index in [4.69, 9.17) is 4.74 Å². The van der Waals surface area contributed by atoms with Crippen LogP contribution in [-0.2, 0) is 20.7 Å². The molecular formula is C30H28N2O5. The Morgan fingerprint density at radius 2 is 1.41 bits per heavy atom. The van der Waals surface area contributed by atoms with Gasteiger partial charge < -0.3 is 20.5 Å². The average Bonchev–Trinajstić information content (AvgIpc) is 2.95. The van der Waals surface area contributed by atoms with Crippen LogP contribution in [0.25, 0.3) is 10.8 Å². The quantitative estimate of drug-likeness (QED) is 0.307. The molecule has 0 radical (unpaired) electrons. The molecule has 0 unspecified atom stereocenters. The Morgan fingerprint density at radius 3 is 2.11 bits per heavy atom. The maximum Gasteiger partial charge on any atom is 0.328 e. The van der Waals surface area contributed by atoms with Gasteiger partial charge in [-0.05, 0) is 34.0 Å². The number of carbonyl (C=O) groups excluding carboxylic acids is 3. The average molecular weight is 497 g/mol. The van der Waals surface area contributed by atoms with Crippen LogP contribution in [0.15, 0.2) is 103 Å². The molecule has 7 nitrogen and oxygen atoms in total. The van der Waals surface area contributed by atoms with Crippen molar-refractivity contribution in [1.29, 1.82) is 0 Å². The minimum Gasteiger partial charge on any atom is -0.467 e. The van der Waals surface area contributed by atoms with E-state index in [1.54, 1.807) is 60.7 Å². The molecule has 0 saturated heterocycles. The topological polar surface area (TPSA) is 105 Å². The molecule has 0 aliphatic carbocycles. The monoisotopic (exact) mass is 496 g/mol. The fraction of sp³-hybridized carbons (Fsp3) is 0.167. The number of nitrogens with one attached hydrogen (secondary N) is 2. The van der Waals surface area contributed by atoms with Gasteiger partial charge in [0.05, 0.1) is 13.2 Å². The van der Waals surface area contributed by atoms with Crippen LogP contribution in [0, 0.1) is 0 Å². The Labute approximate surface area is 215 Å². The van der Waals surface area contributed by atoms with Crippen molar-refractivity contribution in [3.8, 4) is 0 Å². The molecule has 37 heavy (non-hydrogen) atoms. The molecule has 0 heterocycles. The lowest BCUT2D eigenvalue weighted by molar-refractivity contribution is -0.146. The van der Waals surface area contributed by atoms with Crippen LogP contribution < -0.4 is 10.6 Å². The van der Waals surface area contributed by atoms with Gasteiger partial charge in [0, 0.05) is 12.0 Å². The van der Waals surface area contributed by atoms with E-state index in [0.717, 1.165) is 16.3 Å². The Bertz CT molecular complexity index is 1370. The van der Waals surface area contributed by atoms with Crippen molar-refractivity contribution < 1.29 is 24.2 Å². The number of fused-ring (bicyclic) bond motifs is 1. The molecule has 0 saturated carbocycles. The summed E-state index contributed by atoms with van der Waals surface area (Å²) >= 11 is 0. The summed E-state index contributed by atoms with van der Waals surface area (Å²) in [6, 6.07) is 28.6. The first-order chi connectivity index (χ1) is 18.0. The van der Waals surface area contributed by atoms with Crippen LogP contribution in [0.1, 0.15) is 27.5 Å². The van der Waals surface area contributed by atoms with Gasteiger partial charge in [0.1, 0.15) is 6.04 Å². The van der Waals surface area contributed by atoms with Crippen molar-refractivity contribution in [2.75, 3.05) is 7.11 Å². The Kier molecular flexibility index (Phi) is 8.28. The van der Waals surface area contributed by atoms with Crippen LogP contribution >= 0.6 is 0 Å². The number of benzene rings is 4. The highest BCUT2D eigenvalue weighted by atomic mass is 16.5. The van der Waals surface area contributed by atoms with Gasteiger partial charge >= 0.3 is 5.97 Å². The van der Waals surface area contributed by atoms with Crippen molar-refractivity contribution in [2.24, 2.45) is 0 Å². The van der Waals surface area contributed by atoms with Gasteiger partial charge in [-0.25, -0.2) is 4.79 Å². The molecule has 4 rings (SSSR count). The van der Waals surface area contributed by atoms with Gasteiger partial charge in [-0.15, -0.1) is 0 Å². The van der Waals surface area contributed by atoms with Gasteiger partial charge in [0.15, 0.2) is 6.10 Å². The van der Waals surface area contributed by atoms with Crippen LogP contribution in [0.3, 0.4) is 0 Å². The first-order valence-corrected chi connectivity index (χ1v) is 11.9. The van der Waals surface area contributed by atoms with E-state index in [1.165, 1.54) is 7.11 Å². The first-order valence-electron chi connectivity index (χ1n) is 11.9. The minimum atomic E-state index is -1.67. The number of ether oxygens (including phenoxy) is 1. The predicted octanol–water partition coefficient (Wildman–Crippen LogP) is 3.57. The molecule has 4 aromatic rings. The van der Waals surface area contributed by atoms with Gasteiger partial charge in [0.2, 0.25) is 0 Å². The lowest BCUT2D eigenvalue weighted by Crippen LogP contribution is -2.51. The lowest BCUT2D eigenvalue weighted by atomic mass is 9.97. The maximum absolute atomic E-state index is 13.2. The molecule has 2 amide bonds. The van der Waals surface area contributed by atoms with E-state index in [2.05, 4.69) is 10.6 Å². The van der Waals surface area contributed by atoms with Crippen LogP contribution in [0.5, 0.6) is 0 Å². The second kappa shape index (κ2) is 12.0. The predicted molar refractivity (Wildman–Crippen MR) is 141 cm³/mol. The highest BCUT2D eigenvalue weighted by molar-refractivity contribution is 5.95. The van der Waals surface area contributed by atoms with Crippen molar-refractivity contribution in [2.45, 2.75) is 24.6 Å². The van der Waals surface area contributed by atoms with E-state index in [0.29, 0.717) is 11.1 Å². The number of hydrogen-bond donors (Lipinski definition) is 3. The van der Waals surface area contributed by atoms with Gasteiger partial charge in [-0.3, -0.25) is 9.59 Å². The molecule has 3 atom stereocenters. The number of amides is 2. The molecular weight excluding hydrogens is 468 g/mol. The molecule has 0 spiro atoms. The van der Waals surface area contributed by atoms with E-state index in [1.807, 2.05) is 42.5 Å². The normalized spacial score (nSPS) is 13.2. The third-order valence-electron chi connectivity index (χ3n) is 6.17. The fourth-order valence-electron chi connectivity index (χ4n) is 4.25. The summed E-state index contributed by atoms with van der Waals surface area (Å²) in [7, 11) is 1.24. The second-order valence-corrected chi connectivity index (χ2v) is 8.60. The maximum atomic E-state index is 13.2. The first kappa shape index (κ1) is 25.6. The number of esters is 1. The summed E-state index contributed by atoms with van der Waals surface area (Å²) in [5.41, 5.74) is 1.78. The summed E-state index contributed by atoms with van der Waals surface area (Å²) in [5, 5.41) is 18.4. The standard InChI is InChI=1S/C30H28N2O5/c1-37-30(36)25(19-23-17-10-16-20-11-8-9-18-24(20)23)31-29(35)27(33)26(21-12-4-2-5-13-21)32-28(34)22-14-6-3-7-15-22/h2-18,25-27,33H,19H2,1H3,(H,31,35)(H,32,34)/t25-,26-,27+/m0/s1. The number of hydrogen-bond acceptors (Lipinski definition) is 5. The van der Waals surface area contributed by atoms with Crippen LogP contribution in [-0.4, -0.2) is 42.1 Å². The second-order valence-electron chi connectivity index (χ2n) is 8.60. The van der Waals surface area contributed by atoms with Crippen molar-refractivity contribution in [3.05, 3.63) is 120 Å². The molecule has 188 valence electrons. The molecule has 0 bridgehead atoms. The molecule has 0 aliphatic heterocycles. The van der Waals surface area contributed by atoms with E-state index in [9.17, 15) is 19.5 Å². The number of methoxy groups -OCH3 is 1. The highest BCUT2D eigenvalue weighted by Crippen LogP contribution is 2.21. The molecule has 4 aromatic carbocycles. The van der Waals surface area contributed by atoms with Crippen molar-refractivity contribution in [1.82, 2.24) is 10.6 Å². The van der Waals surface area contributed by atoms with E-state index < -0.39 is 36.0 Å². The van der Waals surface area contributed by atoms with E-state index in [-0.39, 0.29) is 6.42 Å². The summed E-state index contributed by atoms with van der Waals surface area (Å²) in [6.45, 7) is 0. The minimum absolute atomic E-state index is 0.166. The molecule has 0 aliphatic rings. The molecule has 0 aromatic heterocycles. The lowest BCUT2D eigenvalue weighted by Gasteiger charge is -2.26. The summed E-state index contributed by atoms with van der Waals surface area (Å²) < 4.78 is 4.94. The number of aliphatic hydroxyl groups is 1. The summed E-state index contributed by atoms with van der Waals surface area (Å²) in [5.74, 6) is -1.89. The Balaban J connectivity index is 1.57. The molecule has 3 N–H and O–H groups in total. The zero-order valence-corrected chi connectivity index (χ0v) is 20.3. The van der Waals surface area contributed by atoms with Crippen molar-refractivity contribution in [3.63, 3.8) is 0 Å². The number of aliphatic hydroxyl groups excluding tert-OH is 1. The highest BCUT2D eigenvalue weighted by Gasteiger charge is 2.32. The smallest absolute Gasteiger partial charge is 0.328 e. The largest absolute Gasteiger partial charge is 0.467 e. The Hall–Kier alpha value is -4.49. The third kappa shape index (κ3) is 6.20. The van der Waals surface area contributed by atoms with Gasteiger partial charge in [-0.1, -0.05) is 91.0 Å². The summed E-state index contributed by atoms with van der Waals surface area (Å²) in [6.07, 6.45) is -1.51. The van der Waals surface area contributed by atoms with Crippen molar-refractivity contribution >= 4 is 28.6 Å². The van der Waals surface area contributed by atoms with Gasteiger partial charge in [-0.2, -0.15) is 0 Å². The molecule has 7 heteroatoms. The Morgan fingerprint density at radius 1 is 0.784 bits per heavy atom. The van der Waals surface area contributed by atoms with Crippen LogP contribution in [0.4, 0.5) is 0 Å². The zero-order chi connectivity index (χ0) is 26.2. The zero-order valence-electron chi connectivity index (χ0n) is 20.3. The fourth-order valence-corrected chi connectivity index (χ4v) is 4.25.